The molecule has 0 fully saturated rings. The van der Waals surface area contributed by atoms with Gasteiger partial charge in [0.05, 0.1) is 6.54 Å². The molecule has 0 unspecified atom stereocenters. The first-order chi connectivity index (χ1) is 15.6. The summed E-state index contributed by atoms with van der Waals surface area (Å²) in [7, 11) is 0. The first-order valence-electron chi connectivity index (χ1n) is 10.8. The van der Waals surface area contributed by atoms with Crippen molar-refractivity contribution >= 4 is 33.4 Å². The Labute approximate surface area is 191 Å². The van der Waals surface area contributed by atoms with Crippen molar-refractivity contribution in [3.8, 4) is 0 Å². The van der Waals surface area contributed by atoms with Crippen molar-refractivity contribution in [2.45, 2.75) is 32.0 Å². The van der Waals surface area contributed by atoms with Crippen LogP contribution in [0, 0.1) is 0 Å². The molecule has 1 aliphatic rings. The molecule has 0 aliphatic carbocycles. The van der Waals surface area contributed by atoms with Gasteiger partial charge in [-0.1, -0.05) is 60.7 Å². The van der Waals surface area contributed by atoms with E-state index in [9.17, 15) is 9.59 Å². The fourth-order valence-electron chi connectivity index (χ4n) is 4.46. The van der Waals surface area contributed by atoms with Crippen LogP contribution in [-0.2, 0) is 24.3 Å². The molecule has 6 heteroatoms. The van der Waals surface area contributed by atoms with Crippen molar-refractivity contribution in [3.63, 3.8) is 0 Å². The van der Waals surface area contributed by atoms with E-state index in [-0.39, 0.29) is 11.8 Å². The minimum Gasteiger partial charge on any atom is -0.350 e. The van der Waals surface area contributed by atoms with Gasteiger partial charge in [-0.3, -0.25) is 9.59 Å². The molecule has 0 radical (unpaired) electrons. The summed E-state index contributed by atoms with van der Waals surface area (Å²) in [6.45, 7) is 3.24. The lowest BCUT2D eigenvalue weighted by atomic mass is 9.94. The minimum absolute atomic E-state index is 0.0899. The molecule has 1 atom stereocenters. The number of carbonyl (C=O) groups excluding carboxylic acids is 2. The Morgan fingerprint density at radius 3 is 2.44 bits per heavy atom. The van der Waals surface area contributed by atoms with Crippen molar-refractivity contribution in [1.29, 1.82) is 0 Å². The summed E-state index contributed by atoms with van der Waals surface area (Å²) in [5.41, 5.74) is 1.86. The third-order valence-corrected chi connectivity index (χ3v) is 7.23. The lowest BCUT2D eigenvalue weighted by Gasteiger charge is -2.44. The molecule has 4 aromatic rings. The molecule has 0 saturated carbocycles. The molecule has 1 aliphatic heterocycles. The van der Waals surface area contributed by atoms with E-state index in [1.54, 1.807) is 16.2 Å². The zero-order valence-corrected chi connectivity index (χ0v) is 18.8. The van der Waals surface area contributed by atoms with E-state index in [4.69, 9.17) is 0 Å². The van der Waals surface area contributed by atoms with E-state index in [1.807, 2.05) is 77.5 Å². The van der Waals surface area contributed by atoms with E-state index in [0.717, 1.165) is 21.3 Å². The quantitative estimate of drug-likeness (QED) is 0.478. The molecule has 0 spiro atoms. The zero-order valence-electron chi connectivity index (χ0n) is 18.0. The molecule has 32 heavy (non-hydrogen) atoms. The topological polar surface area (TPSA) is 54.3 Å². The summed E-state index contributed by atoms with van der Waals surface area (Å²) in [6.07, 6.45) is 0.698. The maximum absolute atomic E-state index is 13.6. The first kappa shape index (κ1) is 20.5. The highest BCUT2D eigenvalue weighted by Crippen LogP contribution is 2.34. The SMILES string of the molecule is C[C@@]1(C(=O)NCc2ccccc2)Cn2c(cc3ccsc32)C(=O)N1CCc1ccccc1. The zero-order chi connectivity index (χ0) is 22.1. The average Bonchev–Trinajstić information content (AvgIpc) is 3.41. The molecule has 1 N–H and O–H groups in total. The number of aromatic nitrogens is 1. The summed E-state index contributed by atoms with van der Waals surface area (Å²) >= 11 is 1.61. The van der Waals surface area contributed by atoms with Gasteiger partial charge in [-0.15, -0.1) is 11.3 Å². The molecule has 2 aromatic heterocycles. The van der Waals surface area contributed by atoms with Gasteiger partial charge in [-0.2, -0.15) is 0 Å². The molecule has 2 aromatic carbocycles. The van der Waals surface area contributed by atoms with E-state index in [1.165, 1.54) is 0 Å². The Hall–Kier alpha value is -3.38. The molecular formula is C26H25N3O2S. The lowest BCUT2D eigenvalue weighted by molar-refractivity contribution is -0.133. The van der Waals surface area contributed by atoms with Crippen molar-refractivity contribution in [3.05, 3.63) is 95.0 Å². The second-order valence-corrected chi connectivity index (χ2v) is 9.33. The molecule has 5 rings (SSSR count). The summed E-state index contributed by atoms with van der Waals surface area (Å²) in [4.78, 5) is 30.0. The smallest absolute Gasteiger partial charge is 0.271 e. The Balaban J connectivity index is 1.46. The number of nitrogens with one attached hydrogen (secondary N) is 1. The van der Waals surface area contributed by atoms with Crippen LogP contribution in [0.15, 0.2) is 78.2 Å². The van der Waals surface area contributed by atoms with Crippen LogP contribution in [0.5, 0.6) is 0 Å². The number of fused-ring (bicyclic) bond motifs is 3. The summed E-state index contributed by atoms with van der Waals surface area (Å²) in [5, 5.41) is 6.16. The normalized spacial score (nSPS) is 18.0. The highest BCUT2D eigenvalue weighted by atomic mass is 32.1. The molecule has 2 amide bonds. The van der Waals surface area contributed by atoms with E-state index < -0.39 is 5.54 Å². The van der Waals surface area contributed by atoms with Crippen LogP contribution in [0.25, 0.3) is 10.2 Å². The predicted molar refractivity (Wildman–Crippen MR) is 128 cm³/mol. The average molecular weight is 444 g/mol. The molecule has 0 saturated heterocycles. The second kappa shape index (κ2) is 8.28. The van der Waals surface area contributed by atoms with E-state index in [0.29, 0.717) is 31.7 Å². The monoisotopic (exact) mass is 443 g/mol. The molecular weight excluding hydrogens is 418 g/mol. The van der Waals surface area contributed by atoms with Crippen molar-refractivity contribution < 1.29 is 9.59 Å². The number of benzene rings is 2. The highest BCUT2D eigenvalue weighted by molar-refractivity contribution is 7.16. The molecule has 5 nitrogen and oxygen atoms in total. The number of rotatable bonds is 6. The fourth-order valence-corrected chi connectivity index (χ4v) is 5.36. The van der Waals surface area contributed by atoms with Gasteiger partial charge in [0.25, 0.3) is 5.91 Å². The van der Waals surface area contributed by atoms with Gasteiger partial charge in [-0.25, -0.2) is 0 Å². The van der Waals surface area contributed by atoms with Crippen LogP contribution in [0.4, 0.5) is 0 Å². The second-order valence-electron chi connectivity index (χ2n) is 8.43. The van der Waals surface area contributed by atoms with Gasteiger partial charge in [0.2, 0.25) is 5.91 Å². The number of thiophene rings is 1. The Bertz CT molecular complexity index is 1260. The third kappa shape index (κ3) is 3.60. The van der Waals surface area contributed by atoms with Crippen LogP contribution in [0.3, 0.4) is 0 Å². The Morgan fingerprint density at radius 1 is 1.03 bits per heavy atom. The largest absolute Gasteiger partial charge is 0.350 e. The van der Waals surface area contributed by atoms with Crippen molar-refractivity contribution in [1.82, 2.24) is 14.8 Å². The van der Waals surface area contributed by atoms with Gasteiger partial charge < -0.3 is 14.8 Å². The van der Waals surface area contributed by atoms with Gasteiger partial charge in [-0.05, 0) is 42.0 Å². The number of hydrogen-bond acceptors (Lipinski definition) is 3. The third-order valence-electron chi connectivity index (χ3n) is 6.28. The van der Waals surface area contributed by atoms with Crippen LogP contribution in [0.1, 0.15) is 28.5 Å². The maximum atomic E-state index is 13.6. The number of amides is 2. The fraction of sp³-hybridized carbons (Fsp3) is 0.231. The Kier molecular flexibility index (Phi) is 5.31. The standard InChI is InChI=1S/C26H25N3O2S/c1-26(25(31)27-17-20-10-6-3-7-11-20)18-28-22(16-21-13-15-32-24(21)28)23(30)29(26)14-12-19-8-4-2-5-9-19/h2-11,13,15-16H,12,14,17-18H2,1H3,(H,27,31)/t26-/m0/s1. The van der Waals surface area contributed by atoms with Gasteiger partial charge in [0.1, 0.15) is 16.1 Å². The van der Waals surface area contributed by atoms with E-state index in [2.05, 4.69) is 17.4 Å². The summed E-state index contributed by atoms with van der Waals surface area (Å²) in [5.74, 6) is -0.222. The van der Waals surface area contributed by atoms with Crippen LogP contribution in [0.2, 0.25) is 0 Å². The van der Waals surface area contributed by atoms with Gasteiger partial charge >= 0.3 is 0 Å². The maximum Gasteiger partial charge on any atom is 0.271 e. The summed E-state index contributed by atoms with van der Waals surface area (Å²) < 4.78 is 2.02. The lowest BCUT2D eigenvalue weighted by Crippen LogP contribution is -2.64. The summed E-state index contributed by atoms with van der Waals surface area (Å²) in [6, 6.07) is 23.9. The van der Waals surface area contributed by atoms with Crippen molar-refractivity contribution in [2.75, 3.05) is 6.54 Å². The number of hydrogen-bond donors (Lipinski definition) is 1. The number of carbonyl (C=O) groups is 2. The molecule has 162 valence electrons. The minimum atomic E-state index is -0.983. The Morgan fingerprint density at radius 2 is 1.72 bits per heavy atom. The van der Waals surface area contributed by atoms with Gasteiger partial charge in [0.15, 0.2) is 0 Å². The first-order valence-corrected chi connectivity index (χ1v) is 11.7. The van der Waals surface area contributed by atoms with Gasteiger partial charge in [0, 0.05) is 18.5 Å². The van der Waals surface area contributed by atoms with E-state index >= 15 is 0 Å². The molecule has 3 heterocycles. The number of nitrogens with zero attached hydrogens (tertiary/aromatic N) is 2. The van der Waals surface area contributed by atoms with Crippen LogP contribution < -0.4 is 5.32 Å². The van der Waals surface area contributed by atoms with Crippen LogP contribution in [-0.4, -0.2) is 33.4 Å². The van der Waals surface area contributed by atoms with Crippen molar-refractivity contribution in [2.24, 2.45) is 0 Å². The van der Waals surface area contributed by atoms with Crippen LogP contribution >= 0.6 is 11.3 Å². The molecule has 0 bridgehead atoms. The highest BCUT2D eigenvalue weighted by Gasteiger charge is 2.47. The predicted octanol–water partition coefficient (Wildman–Crippen LogP) is 4.48.